The van der Waals surface area contributed by atoms with Gasteiger partial charge in [-0.1, -0.05) is 18.2 Å². The van der Waals surface area contributed by atoms with E-state index in [1.54, 1.807) is 31.2 Å². The lowest BCUT2D eigenvalue weighted by atomic mass is 10.2. The molecule has 0 aliphatic rings. The molecular formula is C13H13N3O2S. The summed E-state index contributed by atoms with van der Waals surface area (Å²) in [5.41, 5.74) is 0.783. The number of aromatic nitrogens is 1. The molecule has 0 aliphatic heterocycles. The third-order valence-corrected chi connectivity index (χ3v) is 3.33. The predicted octanol–water partition coefficient (Wildman–Crippen LogP) is 2.06. The Labute approximate surface area is 114 Å². The fourth-order valence-corrected chi connectivity index (χ4v) is 2.36. The first-order valence-electron chi connectivity index (χ1n) is 5.67. The summed E-state index contributed by atoms with van der Waals surface area (Å²) in [7, 11) is 1.53. The molecule has 2 aromatic rings. The van der Waals surface area contributed by atoms with E-state index in [1.807, 2.05) is 6.07 Å². The molecule has 1 heterocycles. The Bertz CT molecular complexity index is 608. The van der Waals surface area contributed by atoms with E-state index in [2.05, 4.69) is 15.6 Å². The molecule has 1 aromatic heterocycles. The number of anilines is 1. The van der Waals surface area contributed by atoms with Crippen LogP contribution in [0.2, 0.25) is 0 Å². The molecule has 2 N–H and O–H groups in total. The van der Waals surface area contributed by atoms with E-state index >= 15 is 0 Å². The molecule has 0 saturated carbocycles. The van der Waals surface area contributed by atoms with Gasteiger partial charge >= 0.3 is 0 Å². The lowest BCUT2D eigenvalue weighted by Gasteiger charge is -2.04. The minimum atomic E-state index is -0.312. The molecule has 2 amide bonds. The highest BCUT2D eigenvalue weighted by Gasteiger charge is 2.18. The summed E-state index contributed by atoms with van der Waals surface area (Å²) in [6.07, 6.45) is 0. The summed E-state index contributed by atoms with van der Waals surface area (Å²) in [6, 6.07) is 8.83. The van der Waals surface area contributed by atoms with Crippen molar-refractivity contribution in [3.05, 3.63) is 46.6 Å². The van der Waals surface area contributed by atoms with Crippen LogP contribution in [-0.2, 0) is 0 Å². The Morgan fingerprint density at radius 1 is 1.16 bits per heavy atom. The Hall–Kier alpha value is -2.21. The van der Waals surface area contributed by atoms with E-state index in [-0.39, 0.29) is 17.5 Å². The summed E-state index contributed by atoms with van der Waals surface area (Å²) in [6.45, 7) is 1.79. The van der Waals surface area contributed by atoms with E-state index in [0.717, 1.165) is 5.01 Å². The van der Waals surface area contributed by atoms with Crippen molar-refractivity contribution >= 4 is 28.2 Å². The van der Waals surface area contributed by atoms with Crippen LogP contribution in [0.1, 0.15) is 25.9 Å². The van der Waals surface area contributed by atoms with Crippen LogP contribution < -0.4 is 10.6 Å². The molecule has 0 bridgehead atoms. The number of nitrogens with one attached hydrogen (secondary N) is 2. The normalized spacial score (nSPS) is 10.0. The predicted molar refractivity (Wildman–Crippen MR) is 74.6 cm³/mol. The number of benzene rings is 1. The van der Waals surface area contributed by atoms with Crippen LogP contribution in [0.15, 0.2) is 30.3 Å². The van der Waals surface area contributed by atoms with Gasteiger partial charge in [-0.25, -0.2) is 4.98 Å². The number of hydrogen-bond acceptors (Lipinski definition) is 4. The summed E-state index contributed by atoms with van der Waals surface area (Å²) in [5.74, 6) is -0.567. The molecule has 0 atom stereocenters. The molecule has 0 saturated heterocycles. The van der Waals surface area contributed by atoms with Crippen LogP contribution in [0.3, 0.4) is 0 Å². The van der Waals surface area contributed by atoms with Gasteiger partial charge in [0.1, 0.15) is 5.00 Å². The number of nitrogens with zero attached hydrogens (tertiary/aromatic N) is 1. The van der Waals surface area contributed by atoms with Crippen molar-refractivity contribution in [3.63, 3.8) is 0 Å². The van der Waals surface area contributed by atoms with Crippen molar-refractivity contribution in [3.8, 4) is 0 Å². The van der Waals surface area contributed by atoms with Crippen molar-refractivity contribution in [1.82, 2.24) is 10.3 Å². The Balaban J connectivity index is 2.24. The van der Waals surface area contributed by atoms with Crippen molar-refractivity contribution in [2.75, 3.05) is 12.4 Å². The first-order valence-corrected chi connectivity index (χ1v) is 6.49. The second-order valence-electron chi connectivity index (χ2n) is 3.81. The molecule has 1 aromatic carbocycles. The topological polar surface area (TPSA) is 71.1 Å². The first-order chi connectivity index (χ1) is 9.11. The fourth-order valence-electron chi connectivity index (χ4n) is 1.55. The molecule has 19 heavy (non-hydrogen) atoms. The van der Waals surface area contributed by atoms with Gasteiger partial charge in [-0.15, -0.1) is 11.3 Å². The quantitative estimate of drug-likeness (QED) is 0.900. The maximum atomic E-state index is 12.0. The molecular weight excluding hydrogens is 262 g/mol. The molecule has 0 fully saturated rings. The SMILES string of the molecule is CNC(=O)c1nc(C)sc1NC(=O)c1ccccc1. The van der Waals surface area contributed by atoms with E-state index in [9.17, 15) is 9.59 Å². The maximum absolute atomic E-state index is 12.0. The molecule has 6 heteroatoms. The standard InChI is InChI=1S/C13H13N3O2S/c1-8-15-10(12(18)14-2)13(19-8)16-11(17)9-6-4-3-5-7-9/h3-7H,1-2H3,(H,14,18)(H,16,17). The minimum Gasteiger partial charge on any atom is -0.354 e. The van der Waals surface area contributed by atoms with E-state index in [0.29, 0.717) is 10.6 Å². The highest BCUT2D eigenvalue weighted by atomic mass is 32.1. The van der Waals surface area contributed by atoms with E-state index in [4.69, 9.17) is 0 Å². The largest absolute Gasteiger partial charge is 0.354 e. The lowest BCUT2D eigenvalue weighted by Crippen LogP contribution is -2.21. The number of carbonyl (C=O) groups is 2. The lowest BCUT2D eigenvalue weighted by molar-refractivity contribution is 0.0959. The zero-order valence-corrected chi connectivity index (χ0v) is 11.4. The van der Waals surface area contributed by atoms with E-state index in [1.165, 1.54) is 18.4 Å². The molecule has 2 rings (SSSR count). The van der Waals surface area contributed by atoms with Crippen molar-refractivity contribution in [2.45, 2.75) is 6.92 Å². The van der Waals surface area contributed by atoms with Gasteiger partial charge in [0.05, 0.1) is 5.01 Å². The number of rotatable bonds is 3. The van der Waals surface area contributed by atoms with Gasteiger partial charge in [-0.05, 0) is 19.1 Å². The number of thiazole rings is 1. The summed E-state index contributed by atoms with van der Waals surface area (Å²) < 4.78 is 0. The molecule has 5 nitrogen and oxygen atoms in total. The van der Waals surface area contributed by atoms with Crippen LogP contribution in [0.5, 0.6) is 0 Å². The number of carbonyl (C=O) groups excluding carboxylic acids is 2. The van der Waals surface area contributed by atoms with Crippen LogP contribution in [0.25, 0.3) is 0 Å². The van der Waals surface area contributed by atoms with Gasteiger partial charge in [0.25, 0.3) is 11.8 Å². The van der Waals surface area contributed by atoms with Crippen LogP contribution in [0, 0.1) is 6.92 Å². The molecule has 0 unspecified atom stereocenters. The average Bonchev–Trinajstić information content (AvgIpc) is 2.79. The van der Waals surface area contributed by atoms with Crippen LogP contribution >= 0.6 is 11.3 Å². The Morgan fingerprint density at radius 3 is 2.47 bits per heavy atom. The minimum absolute atomic E-state index is 0.245. The second-order valence-corrected chi connectivity index (χ2v) is 5.01. The van der Waals surface area contributed by atoms with Gasteiger partial charge in [-0.2, -0.15) is 0 Å². The molecule has 0 radical (unpaired) electrons. The third-order valence-electron chi connectivity index (χ3n) is 2.44. The maximum Gasteiger partial charge on any atom is 0.272 e. The van der Waals surface area contributed by atoms with E-state index < -0.39 is 0 Å². The highest BCUT2D eigenvalue weighted by Crippen LogP contribution is 2.24. The van der Waals surface area contributed by atoms with Gasteiger partial charge in [0, 0.05) is 12.6 Å². The Kier molecular flexibility index (Phi) is 3.91. The molecule has 98 valence electrons. The average molecular weight is 275 g/mol. The summed E-state index contributed by atoms with van der Waals surface area (Å²) >= 11 is 1.28. The summed E-state index contributed by atoms with van der Waals surface area (Å²) in [4.78, 5) is 27.8. The van der Waals surface area contributed by atoms with Crippen LogP contribution in [-0.4, -0.2) is 23.8 Å². The monoisotopic (exact) mass is 275 g/mol. The second kappa shape index (κ2) is 5.62. The van der Waals surface area contributed by atoms with Gasteiger partial charge < -0.3 is 10.6 Å². The number of amides is 2. The highest BCUT2D eigenvalue weighted by molar-refractivity contribution is 7.16. The zero-order valence-electron chi connectivity index (χ0n) is 10.6. The number of aryl methyl sites for hydroxylation is 1. The van der Waals surface area contributed by atoms with Gasteiger partial charge in [0.2, 0.25) is 0 Å². The summed E-state index contributed by atoms with van der Waals surface area (Å²) in [5, 5.41) is 6.41. The Morgan fingerprint density at radius 2 is 1.84 bits per heavy atom. The van der Waals surface area contributed by atoms with Crippen LogP contribution in [0.4, 0.5) is 5.00 Å². The fraction of sp³-hybridized carbons (Fsp3) is 0.154. The van der Waals surface area contributed by atoms with Crippen molar-refractivity contribution in [2.24, 2.45) is 0 Å². The smallest absolute Gasteiger partial charge is 0.272 e. The number of hydrogen-bond donors (Lipinski definition) is 2. The zero-order chi connectivity index (χ0) is 13.8. The molecule has 0 spiro atoms. The van der Waals surface area contributed by atoms with Gasteiger partial charge in [-0.3, -0.25) is 9.59 Å². The van der Waals surface area contributed by atoms with Gasteiger partial charge in [0.15, 0.2) is 5.69 Å². The molecule has 0 aliphatic carbocycles. The van der Waals surface area contributed by atoms with Crippen molar-refractivity contribution < 1.29 is 9.59 Å². The third kappa shape index (κ3) is 2.97. The first kappa shape index (κ1) is 13.2. The van der Waals surface area contributed by atoms with Crippen molar-refractivity contribution in [1.29, 1.82) is 0 Å².